The van der Waals surface area contributed by atoms with E-state index in [1.807, 2.05) is 0 Å². The molecular formula is C12H15F2N3O3. The van der Waals surface area contributed by atoms with Crippen molar-refractivity contribution in [2.45, 2.75) is 13.0 Å². The average Bonchev–Trinajstić information content (AvgIpc) is 2.35. The van der Waals surface area contributed by atoms with Gasteiger partial charge in [-0.25, -0.2) is 4.39 Å². The Morgan fingerprint density at radius 1 is 1.45 bits per heavy atom. The average molecular weight is 287 g/mol. The van der Waals surface area contributed by atoms with E-state index in [4.69, 9.17) is 0 Å². The van der Waals surface area contributed by atoms with Gasteiger partial charge in [-0.05, 0) is 27.1 Å². The molecule has 8 heteroatoms. The predicted molar refractivity (Wildman–Crippen MR) is 68.5 cm³/mol. The molecule has 0 fully saturated rings. The van der Waals surface area contributed by atoms with Crippen molar-refractivity contribution >= 4 is 11.6 Å². The van der Waals surface area contributed by atoms with E-state index in [1.54, 1.807) is 25.9 Å². The number of hydrogen-bond donors (Lipinski definition) is 1. The minimum Gasteiger partial charge on any atom is -0.350 e. The fraction of sp³-hybridized carbons (Fsp3) is 0.417. The predicted octanol–water partition coefficient (Wildman–Crippen LogP) is 1.55. The molecule has 1 rings (SSSR count). The third-order valence-corrected chi connectivity index (χ3v) is 2.93. The number of rotatable bonds is 5. The normalized spacial score (nSPS) is 12.3. The first kappa shape index (κ1) is 16.0. The Bertz CT molecular complexity index is 535. The minimum atomic E-state index is -1.47. The molecule has 1 aromatic carbocycles. The highest BCUT2D eigenvalue weighted by atomic mass is 19.1. The van der Waals surface area contributed by atoms with Crippen LogP contribution in [0.3, 0.4) is 0 Å². The molecule has 0 saturated carbocycles. The van der Waals surface area contributed by atoms with E-state index < -0.39 is 33.7 Å². The van der Waals surface area contributed by atoms with E-state index >= 15 is 0 Å². The van der Waals surface area contributed by atoms with Crippen molar-refractivity contribution in [1.29, 1.82) is 0 Å². The molecule has 0 bridgehead atoms. The van der Waals surface area contributed by atoms with Gasteiger partial charge in [0.15, 0.2) is 0 Å². The molecule has 1 N–H and O–H groups in total. The van der Waals surface area contributed by atoms with E-state index in [9.17, 15) is 23.7 Å². The van der Waals surface area contributed by atoms with Gasteiger partial charge in [0.05, 0.1) is 4.92 Å². The molecule has 110 valence electrons. The smallest absolute Gasteiger partial charge is 0.305 e. The zero-order chi connectivity index (χ0) is 15.4. The van der Waals surface area contributed by atoms with Crippen LogP contribution in [0.4, 0.5) is 14.5 Å². The van der Waals surface area contributed by atoms with Crippen LogP contribution in [0.1, 0.15) is 17.3 Å². The lowest BCUT2D eigenvalue weighted by atomic mass is 10.1. The third-order valence-electron chi connectivity index (χ3n) is 2.93. The monoisotopic (exact) mass is 287 g/mol. The number of nitro groups is 1. The number of halogens is 2. The zero-order valence-electron chi connectivity index (χ0n) is 11.3. The van der Waals surface area contributed by atoms with Crippen LogP contribution >= 0.6 is 0 Å². The Hall–Kier alpha value is -2.09. The van der Waals surface area contributed by atoms with E-state index in [0.29, 0.717) is 12.1 Å². The van der Waals surface area contributed by atoms with Gasteiger partial charge in [-0.3, -0.25) is 14.9 Å². The van der Waals surface area contributed by atoms with Gasteiger partial charge in [0.1, 0.15) is 11.4 Å². The fourth-order valence-corrected chi connectivity index (χ4v) is 1.40. The quantitative estimate of drug-likeness (QED) is 0.658. The van der Waals surface area contributed by atoms with Crippen molar-refractivity contribution < 1.29 is 18.5 Å². The molecule has 0 aromatic heterocycles. The summed E-state index contributed by atoms with van der Waals surface area (Å²) in [5, 5.41) is 12.9. The third kappa shape index (κ3) is 3.47. The molecule has 0 aliphatic heterocycles. The second kappa shape index (κ2) is 6.38. The summed E-state index contributed by atoms with van der Waals surface area (Å²) in [5.41, 5.74) is -1.87. The van der Waals surface area contributed by atoms with E-state index in [0.717, 1.165) is 0 Å². The summed E-state index contributed by atoms with van der Waals surface area (Å²) in [5.74, 6) is -3.62. The Morgan fingerprint density at radius 2 is 2.05 bits per heavy atom. The second-order valence-electron chi connectivity index (χ2n) is 4.54. The highest BCUT2D eigenvalue weighted by molar-refractivity contribution is 5.95. The minimum absolute atomic E-state index is 0.0521. The molecule has 0 spiro atoms. The highest BCUT2D eigenvalue weighted by Crippen LogP contribution is 2.22. The van der Waals surface area contributed by atoms with E-state index in [-0.39, 0.29) is 12.6 Å². The van der Waals surface area contributed by atoms with Gasteiger partial charge in [-0.1, -0.05) is 0 Å². The summed E-state index contributed by atoms with van der Waals surface area (Å²) in [7, 11) is 3.57. The number of benzene rings is 1. The van der Waals surface area contributed by atoms with E-state index in [1.165, 1.54) is 0 Å². The number of nitrogens with one attached hydrogen (secondary N) is 1. The van der Waals surface area contributed by atoms with Crippen LogP contribution in [0, 0.1) is 21.7 Å². The van der Waals surface area contributed by atoms with Crippen LogP contribution in [-0.2, 0) is 0 Å². The Morgan fingerprint density at radius 3 is 2.55 bits per heavy atom. The van der Waals surface area contributed by atoms with Crippen LogP contribution in [-0.4, -0.2) is 42.4 Å². The molecule has 1 aromatic rings. The topological polar surface area (TPSA) is 75.5 Å². The van der Waals surface area contributed by atoms with Crippen LogP contribution in [0.15, 0.2) is 12.1 Å². The molecule has 1 amide bonds. The molecule has 0 saturated heterocycles. The summed E-state index contributed by atoms with van der Waals surface area (Å²) in [6.07, 6.45) is 0. The molecule has 0 aliphatic rings. The summed E-state index contributed by atoms with van der Waals surface area (Å²) < 4.78 is 27.3. The van der Waals surface area contributed by atoms with Gasteiger partial charge in [0.25, 0.3) is 5.91 Å². The van der Waals surface area contributed by atoms with Crippen LogP contribution in [0.25, 0.3) is 0 Å². The first-order valence-electron chi connectivity index (χ1n) is 5.82. The number of nitrogens with zero attached hydrogens (tertiary/aromatic N) is 2. The zero-order valence-corrected chi connectivity index (χ0v) is 11.3. The fourth-order valence-electron chi connectivity index (χ4n) is 1.40. The first-order chi connectivity index (χ1) is 9.25. The first-order valence-corrected chi connectivity index (χ1v) is 5.82. The Kier molecular flexibility index (Phi) is 5.09. The number of likely N-dealkylation sites (N-methyl/N-ethyl adjacent to an activating group) is 1. The van der Waals surface area contributed by atoms with Crippen molar-refractivity contribution in [3.63, 3.8) is 0 Å². The van der Waals surface area contributed by atoms with Crippen molar-refractivity contribution in [2.24, 2.45) is 0 Å². The molecule has 1 atom stereocenters. The van der Waals surface area contributed by atoms with Gasteiger partial charge in [-0.2, -0.15) is 4.39 Å². The number of amides is 1. The summed E-state index contributed by atoms with van der Waals surface area (Å²) in [6, 6.07) is 1.33. The van der Waals surface area contributed by atoms with Crippen molar-refractivity contribution in [1.82, 2.24) is 10.2 Å². The molecule has 1 unspecified atom stereocenters. The molecule has 20 heavy (non-hydrogen) atoms. The maximum Gasteiger partial charge on any atom is 0.305 e. The standard InChI is InChI=1S/C12H15F2N3O3/c1-7(16(2)3)6-15-12(18)10-8(13)4-5-9(11(10)14)17(19)20/h4-5,7H,6H2,1-3H3,(H,15,18). The highest BCUT2D eigenvalue weighted by Gasteiger charge is 2.26. The number of hydrogen-bond acceptors (Lipinski definition) is 4. The molecule has 0 radical (unpaired) electrons. The number of carbonyl (C=O) groups is 1. The molecule has 0 aliphatic carbocycles. The van der Waals surface area contributed by atoms with Gasteiger partial charge in [0.2, 0.25) is 5.82 Å². The van der Waals surface area contributed by atoms with Crippen LogP contribution in [0.5, 0.6) is 0 Å². The van der Waals surface area contributed by atoms with Crippen LogP contribution < -0.4 is 5.32 Å². The van der Waals surface area contributed by atoms with Crippen molar-refractivity contribution in [2.75, 3.05) is 20.6 Å². The summed E-state index contributed by atoms with van der Waals surface area (Å²) in [6.45, 7) is 1.97. The maximum absolute atomic E-state index is 13.8. The Labute approximate surface area is 114 Å². The summed E-state index contributed by atoms with van der Waals surface area (Å²) >= 11 is 0. The number of carbonyl (C=O) groups excluding carboxylic acids is 1. The number of nitro benzene ring substituents is 1. The second-order valence-corrected chi connectivity index (χ2v) is 4.54. The largest absolute Gasteiger partial charge is 0.350 e. The Balaban J connectivity index is 2.98. The van der Waals surface area contributed by atoms with Gasteiger partial charge in [-0.15, -0.1) is 0 Å². The summed E-state index contributed by atoms with van der Waals surface area (Å²) in [4.78, 5) is 23.1. The van der Waals surface area contributed by atoms with E-state index in [2.05, 4.69) is 5.32 Å². The van der Waals surface area contributed by atoms with Crippen molar-refractivity contribution in [3.8, 4) is 0 Å². The molecular weight excluding hydrogens is 272 g/mol. The molecule has 6 nitrogen and oxygen atoms in total. The van der Waals surface area contributed by atoms with Crippen LogP contribution in [0.2, 0.25) is 0 Å². The lowest BCUT2D eigenvalue weighted by Crippen LogP contribution is -2.38. The van der Waals surface area contributed by atoms with Crippen molar-refractivity contribution in [3.05, 3.63) is 39.4 Å². The van der Waals surface area contributed by atoms with Gasteiger partial charge in [0, 0.05) is 18.7 Å². The van der Waals surface area contributed by atoms with Gasteiger partial charge >= 0.3 is 5.69 Å². The lowest BCUT2D eigenvalue weighted by Gasteiger charge is -2.20. The SMILES string of the molecule is CC(CNC(=O)c1c(F)ccc([N+](=O)[O-])c1F)N(C)C. The lowest BCUT2D eigenvalue weighted by molar-refractivity contribution is -0.387. The molecule has 0 heterocycles. The maximum atomic E-state index is 13.8. The van der Waals surface area contributed by atoms with Gasteiger partial charge < -0.3 is 10.2 Å².